The van der Waals surface area contributed by atoms with Gasteiger partial charge in [-0.25, -0.2) is 21.1 Å². The number of thiophene rings is 1. The van der Waals surface area contributed by atoms with Crippen molar-refractivity contribution in [1.82, 2.24) is 8.61 Å². The van der Waals surface area contributed by atoms with Crippen LogP contribution in [0.25, 0.3) is 0 Å². The van der Waals surface area contributed by atoms with Crippen LogP contribution in [0.3, 0.4) is 0 Å². The Morgan fingerprint density at radius 2 is 1.84 bits per heavy atom. The van der Waals surface area contributed by atoms with E-state index >= 15 is 0 Å². The number of carbonyl (C=O) groups is 1. The van der Waals surface area contributed by atoms with Gasteiger partial charge in [-0.3, -0.25) is 4.79 Å². The molecule has 2 heterocycles. The summed E-state index contributed by atoms with van der Waals surface area (Å²) in [5, 5.41) is 4.41. The first kappa shape index (κ1) is 23.9. The predicted molar refractivity (Wildman–Crippen MR) is 121 cm³/mol. The number of hydrogen-bond acceptors (Lipinski definition) is 6. The second-order valence-electron chi connectivity index (χ2n) is 7.40. The summed E-state index contributed by atoms with van der Waals surface area (Å²) in [5.41, 5.74) is 0.405. The Morgan fingerprint density at radius 3 is 2.52 bits per heavy atom. The smallest absolute Gasteiger partial charge is 0.252 e. The number of nitrogens with one attached hydrogen (secondary N) is 1. The quantitative estimate of drug-likeness (QED) is 0.588. The van der Waals surface area contributed by atoms with E-state index in [-0.39, 0.29) is 28.0 Å². The van der Waals surface area contributed by atoms with Gasteiger partial charge in [0.1, 0.15) is 4.21 Å². The maximum Gasteiger partial charge on any atom is 0.252 e. The van der Waals surface area contributed by atoms with Gasteiger partial charge in [0.05, 0.1) is 4.90 Å². The van der Waals surface area contributed by atoms with Crippen LogP contribution < -0.4 is 5.32 Å². The molecule has 170 valence electrons. The number of anilines is 1. The van der Waals surface area contributed by atoms with Crippen LogP contribution >= 0.6 is 11.3 Å². The average molecular weight is 486 g/mol. The summed E-state index contributed by atoms with van der Waals surface area (Å²) in [4.78, 5) is 12.5. The molecule has 0 bridgehead atoms. The third-order valence-electron chi connectivity index (χ3n) is 5.11. The summed E-state index contributed by atoms with van der Waals surface area (Å²) in [5.74, 6) is -0.297. The molecule has 0 spiro atoms. The van der Waals surface area contributed by atoms with Gasteiger partial charge in [0.2, 0.25) is 15.9 Å². The predicted octanol–water partition coefficient (Wildman–Crippen LogP) is 2.96. The fourth-order valence-electron chi connectivity index (χ4n) is 3.36. The van der Waals surface area contributed by atoms with E-state index in [4.69, 9.17) is 0 Å². The summed E-state index contributed by atoms with van der Waals surface area (Å²) in [6.45, 7) is 1.23. The van der Waals surface area contributed by atoms with E-state index in [9.17, 15) is 21.6 Å². The van der Waals surface area contributed by atoms with E-state index in [1.165, 1.54) is 27.8 Å². The molecular weight excluding hydrogens is 458 g/mol. The topological polar surface area (TPSA) is 104 Å². The molecule has 1 saturated heterocycles. The zero-order valence-corrected chi connectivity index (χ0v) is 19.8. The lowest BCUT2D eigenvalue weighted by molar-refractivity contribution is -0.116. The second kappa shape index (κ2) is 10.2. The lowest BCUT2D eigenvalue weighted by Crippen LogP contribution is -2.35. The molecule has 1 amide bonds. The normalized spacial score (nSPS) is 15.8. The fraction of sp³-hybridized carbons (Fsp3) is 0.450. The number of rotatable bonds is 9. The Kier molecular flexibility index (Phi) is 7.87. The molecule has 3 rings (SSSR count). The monoisotopic (exact) mass is 485 g/mol. The lowest BCUT2D eigenvalue weighted by Gasteiger charge is -2.26. The highest BCUT2D eigenvalue weighted by Gasteiger charge is 2.26. The van der Waals surface area contributed by atoms with Crippen LogP contribution in [0.1, 0.15) is 32.1 Å². The van der Waals surface area contributed by atoms with Gasteiger partial charge < -0.3 is 5.32 Å². The molecule has 0 atom stereocenters. The minimum absolute atomic E-state index is 0.118. The molecule has 0 aliphatic carbocycles. The molecule has 1 aliphatic heterocycles. The molecule has 2 aromatic rings. The van der Waals surface area contributed by atoms with Gasteiger partial charge in [-0.05, 0) is 48.9 Å². The number of benzene rings is 1. The molecule has 11 heteroatoms. The largest absolute Gasteiger partial charge is 0.326 e. The molecule has 31 heavy (non-hydrogen) atoms. The molecule has 1 aliphatic rings. The Labute approximate surface area is 188 Å². The van der Waals surface area contributed by atoms with E-state index in [0.717, 1.165) is 30.6 Å². The molecular formula is C20H27N3O5S3. The molecule has 1 fully saturated rings. The van der Waals surface area contributed by atoms with Gasteiger partial charge in [0.15, 0.2) is 0 Å². The van der Waals surface area contributed by atoms with Crippen molar-refractivity contribution in [2.45, 2.75) is 41.2 Å². The van der Waals surface area contributed by atoms with Crippen molar-refractivity contribution in [2.75, 3.05) is 32.0 Å². The van der Waals surface area contributed by atoms with Gasteiger partial charge in [-0.1, -0.05) is 18.6 Å². The first-order valence-electron chi connectivity index (χ1n) is 10.1. The summed E-state index contributed by atoms with van der Waals surface area (Å²) < 4.78 is 53.4. The first-order valence-corrected chi connectivity index (χ1v) is 13.9. The van der Waals surface area contributed by atoms with Crippen molar-refractivity contribution >= 4 is 43.0 Å². The third-order valence-corrected chi connectivity index (χ3v) is 10.2. The number of piperidine rings is 1. The van der Waals surface area contributed by atoms with Crippen LogP contribution in [0.2, 0.25) is 0 Å². The third kappa shape index (κ3) is 5.92. The molecule has 1 aromatic carbocycles. The summed E-state index contributed by atoms with van der Waals surface area (Å²) in [6.07, 6.45) is 3.21. The molecule has 0 radical (unpaired) electrons. The van der Waals surface area contributed by atoms with Gasteiger partial charge >= 0.3 is 0 Å². The van der Waals surface area contributed by atoms with Crippen LogP contribution in [0.5, 0.6) is 0 Å². The number of hydrogen-bond donors (Lipinski definition) is 1. The van der Waals surface area contributed by atoms with E-state index in [0.29, 0.717) is 25.2 Å². The van der Waals surface area contributed by atoms with Crippen LogP contribution in [0, 0.1) is 0 Å². The second-order valence-corrected chi connectivity index (χ2v) is 12.6. The molecule has 0 unspecified atom stereocenters. The van der Waals surface area contributed by atoms with Gasteiger partial charge in [0, 0.05) is 38.8 Å². The van der Waals surface area contributed by atoms with Crippen LogP contribution in [-0.2, 0) is 24.8 Å². The van der Waals surface area contributed by atoms with E-state index in [2.05, 4.69) is 5.32 Å². The average Bonchev–Trinajstić information content (AvgIpc) is 3.30. The van der Waals surface area contributed by atoms with Crippen LogP contribution in [-0.4, -0.2) is 58.0 Å². The maximum atomic E-state index is 12.8. The Hall–Kier alpha value is -1.79. The lowest BCUT2D eigenvalue weighted by atomic mass is 10.2. The fourth-order valence-corrected chi connectivity index (χ4v) is 7.33. The molecule has 0 saturated carbocycles. The Bertz CT molecular complexity index is 1090. The van der Waals surface area contributed by atoms with Crippen LogP contribution in [0.15, 0.2) is 50.9 Å². The van der Waals surface area contributed by atoms with E-state index in [1.807, 2.05) is 0 Å². The van der Waals surface area contributed by atoms with Gasteiger partial charge in [0.25, 0.3) is 10.0 Å². The zero-order chi connectivity index (χ0) is 22.5. The van der Waals surface area contributed by atoms with Crippen molar-refractivity contribution in [3.63, 3.8) is 0 Å². The minimum atomic E-state index is -3.58. The summed E-state index contributed by atoms with van der Waals surface area (Å²) in [7, 11) is -5.63. The SMILES string of the molecule is CN(CCCC(=O)Nc1cccc(S(=O)(=O)N2CCCCC2)c1)S(=O)(=O)c1cccs1. The standard InChI is InChI=1S/C20H27N3O5S3/c1-22(31(27,28)20-11-7-15-29-20)12-6-10-19(24)21-17-8-5-9-18(16-17)30(25,26)23-13-3-2-4-14-23/h5,7-9,11,15-16H,2-4,6,10,12-14H2,1H3,(H,21,24). The number of nitrogens with zero attached hydrogens (tertiary/aromatic N) is 2. The van der Waals surface area contributed by atoms with E-state index in [1.54, 1.807) is 29.6 Å². The highest BCUT2D eigenvalue weighted by Crippen LogP contribution is 2.23. The number of sulfonamides is 2. The Morgan fingerprint density at radius 1 is 1.10 bits per heavy atom. The zero-order valence-electron chi connectivity index (χ0n) is 17.4. The Balaban J connectivity index is 1.54. The molecule has 8 nitrogen and oxygen atoms in total. The first-order chi connectivity index (χ1) is 14.7. The molecule has 1 N–H and O–H groups in total. The van der Waals surface area contributed by atoms with Crippen molar-refractivity contribution in [3.05, 3.63) is 41.8 Å². The highest BCUT2D eigenvalue weighted by molar-refractivity contribution is 7.91. The summed E-state index contributed by atoms with van der Waals surface area (Å²) in [6, 6.07) is 9.47. The van der Waals surface area contributed by atoms with E-state index < -0.39 is 20.0 Å². The number of amides is 1. The van der Waals surface area contributed by atoms with Gasteiger partial charge in [-0.2, -0.15) is 4.31 Å². The van der Waals surface area contributed by atoms with Gasteiger partial charge in [-0.15, -0.1) is 11.3 Å². The van der Waals surface area contributed by atoms with Crippen molar-refractivity contribution in [1.29, 1.82) is 0 Å². The highest BCUT2D eigenvalue weighted by atomic mass is 32.2. The van der Waals surface area contributed by atoms with Crippen molar-refractivity contribution in [3.8, 4) is 0 Å². The maximum absolute atomic E-state index is 12.8. The van der Waals surface area contributed by atoms with Crippen molar-refractivity contribution < 1.29 is 21.6 Å². The van der Waals surface area contributed by atoms with Crippen molar-refractivity contribution in [2.24, 2.45) is 0 Å². The minimum Gasteiger partial charge on any atom is -0.326 e. The molecule has 1 aromatic heterocycles. The number of carbonyl (C=O) groups excluding carboxylic acids is 1. The summed E-state index contributed by atoms with van der Waals surface area (Å²) >= 11 is 1.15. The van der Waals surface area contributed by atoms with Crippen LogP contribution in [0.4, 0.5) is 5.69 Å².